The maximum absolute atomic E-state index is 2.40. The van der Waals surface area contributed by atoms with Crippen molar-refractivity contribution >= 4 is 16.5 Å². The summed E-state index contributed by atoms with van der Waals surface area (Å²) in [5.41, 5.74) is 2.82. The van der Waals surface area contributed by atoms with Gasteiger partial charge in [0.05, 0.1) is 0 Å². The van der Waals surface area contributed by atoms with Gasteiger partial charge in [-0.3, -0.25) is 0 Å². The second-order valence-electron chi connectivity index (χ2n) is 3.92. The Morgan fingerprint density at radius 1 is 1.00 bits per heavy atom. The Kier molecular flexibility index (Phi) is 1.54. The van der Waals surface area contributed by atoms with E-state index in [1.54, 1.807) is 0 Å². The van der Waals surface area contributed by atoms with Gasteiger partial charge in [0.25, 0.3) is 0 Å². The van der Waals surface area contributed by atoms with E-state index < -0.39 is 0 Å². The largest absolute Gasteiger partial charge is 0.368 e. The summed E-state index contributed by atoms with van der Waals surface area (Å²) in [6, 6.07) is 13.0. The maximum Gasteiger partial charge on any atom is 0.0403 e. The zero-order chi connectivity index (χ0) is 9.54. The Morgan fingerprint density at radius 2 is 1.79 bits per heavy atom. The van der Waals surface area contributed by atoms with Gasteiger partial charge < -0.3 is 4.90 Å². The summed E-state index contributed by atoms with van der Waals surface area (Å²) in [4.78, 5) is 2.40. The van der Waals surface area contributed by atoms with Crippen LogP contribution in [0, 0.1) is 6.92 Å². The van der Waals surface area contributed by atoms with E-state index in [1.165, 1.54) is 35.1 Å². The van der Waals surface area contributed by atoms with Crippen LogP contribution >= 0.6 is 0 Å². The molecule has 1 heterocycles. The summed E-state index contributed by atoms with van der Waals surface area (Å²) in [5.74, 6) is 0. The first-order valence-electron chi connectivity index (χ1n) is 5.09. The van der Waals surface area contributed by atoms with Crippen LogP contribution in [0.2, 0.25) is 0 Å². The summed E-state index contributed by atoms with van der Waals surface area (Å²) >= 11 is 0. The van der Waals surface area contributed by atoms with E-state index in [2.05, 4.69) is 48.2 Å². The highest BCUT2D eigenvalue weighted by Gasteiger charge is 2.20. The lowest BCUT2D eigenvalue weighted by Gasteiger charge is -2.09. The molecule has 0 radical (unpaired) electrons. The van der Waals surface area contributed by atoms with Crippen LogP contribution in [0.4, 0.5) is 5.69 Å². The first kappa shape index (κ1) is 7.86. The molecule has 70 valence electrons. The van der Waals surface area contributed by atoms with Crippen molar-refractivity contribution in [3.8, 4) is 0 Å². The lowest BCUT2D eigenvalue weighted by Crippen LogP contribution is -1.94. The van der Waals surface area contributed by atoms with Crippen LogP contribution in [0.15, 0.2) is 36.4 Å². The minimum Gasteiger partial charge on any atom is -0.368 e. The fourth-order valence-electron chi connectivity index (χ4n) is 2.05. The molecule has 0 amide bonds. The average molecular weight is 183 g/mol. The van der Waals surface area contributed by atoms with Gasteiger partial charge in [-0.2, -0.15) is 0 Å². The van der Waals surface area contributed by atoms with Crippen LogP contribution in [0.1, 0.15) is 5.56 Å². The Labute approximate surface area is 84.0 Å². The number of nitrogens with zero attached hydrogens (tertiary/aromatic N) is 1. The van der Waals surface area contributed by atoms with Crippen LogP contribution in [0.3, 0.4) is 0 Å². The highest BCUT2D eigenvalue weighted by atomic mass is 15.3. The zero-order valence-electron chi connectivity index (χ0n) is 8.33. The molecule has 1 nitrogen and oxygen atoms in total. The maximum atomic E-state index is 2.40. The highest BCUT2D eigenvalue weighted by molar-refractivity contribution is 5.90. The molecule has 0 saturated carbocycles. The second kappa shape index (κ2) is 2.74. The molecule has 0 aromatic heterocycles. The van der Waals surface area contributed by atoms with Crippen molar-refractivity contribution < 1.29 is 0 Å². The van der Waals surface area contributed by atoms with Crippen molar-refractivity contribution in [2.75, 3.05) is 18.0 Å². The van der Waals surface area contributed by atoms with Gasteiger partial charge >= 0.3 is 0 Å². The van der Waals surface area contributed by atoms with Gasteiger partial charge in [0.1, 0.15) is 0 Å². The lowest BCUT2D eigenvalue weighted by molar-refractivity contribution is 1.35. The van der Waals surface area contributed by atoms with Crippen LogP contribution in [-0.4, -0.2) is 13.1 Å². The molecule has 1 fully saturated rings. The molecule has 0 spiro atoms. The Hall–Kier alpha value is -1.50. The molecule has 1 heteroatoms. The lowest BCUT2D eigenvalue weighted by atomic mass is 10.0. The predicted molar refractivity (Wildman–Crippen MR) is 60.9 cm³/mol. The van der Waals surface area contributed by atoms with Crippen LogP contribution in [0.5, 0.6) is 0 Å². The van der Waals surface area contributed by atoms with E-state index in [1.807, 2.05) is 0 Å². The normalized spacial score (nSPS) is 14.8. The molecule has 14 heavy (non-hydrogen) atoms. The molecule has 0 aliphatic carbocycles. The van der Waals surface area contributed by atoms with Crippen molar-refractivity contribution in [2.24, 2.45) is 0 Å². The van der Waals surface area contributed by atoms with Gasteiger partial charge in [-0.25, -0.2) is 0 Å². The van der Waals surface area contributed by atoms with E-state index in [4.69, 9.17) is 0 Å². The van der Waals surface area contributed by atoms with Gasteiger partial charge in [-0.1, -0.05) is 30.3 Å². The fourth-order valence-corrected chi connectivity index (χ4v) is 2.05. The van der Waals surface area contributed by atoms with Gasteiger partial charge in [-0.15, -0.1) is 0 Å². The van der Waals surface area contributed by atoms with Gasteiger partial charge in [0.2, 0.25) is 0 Å². The number of fused-ring (bicyclic) bond motifs is 1. The van der Waals surface area contributed by atoms with Crippen molar-refractivity contribution in [1.82, 2.24) is 0 Å². The molecule has 0 unspecified atom stereocenters. The number of anilines is 1. The van der Waals surface area contributed by atoms with Gasteiger partial charge in [-0.05, 0) is 29.3 Å². The third kappa shape index (κ3) is 1.09. The summed E-state index contributed by atoms with van der Waals surface area (Å²) in [7, 11) is 0. The number of hydrogen-bond acceptors (Lipinski definition) is 1. The molecular formula is C13H13N. The average Bonchev–Trinajstić information content (AvgIpc) is 3.03. The molecule has 3 rings (SSSR count). The van der Waals surface area contributed by atoms with Crippen LogP contribution < -0.4 is 4.90 Å². The summed E-state index contributed by atoms with van der Waals surface area (Å²) in [6.07, 6.45) is 0. The molecule has 1 aliphatic heterocycles. The second-order valence-corrected chi connectivity index (χ2v) is 3.92. The first-order valence-corrected chi connectivity index (χ1v) is 5.09. The van der Waals surface area contributed by atoms with Gasteiger partial charge in [0.15, 0.2) is 0 Å². The third-order valence-electron chi connectivity index (χ3n) is 2.96. The zero-order valence-corrected chi connectivity index (χ0v) is 8.33. The van der Waals surface area contributed by atoms with Gasteiger partial charge in [0, 0.05) is 18.8 Å². The number of hydrogen-bond donors (Lipinski definition) is 0. The van der Waals surface area contributed by atoms with E-state index in [-0.39, 0.29) is 0 Å². The standard InChI is InChI=1S/C13H13N/c1-10-12-5-3-2-4-11(12)6-7-13(10)14-8-9-14/h2-7H,8-9H2,1H3. The number of aryl methyl sites for hydroxylation is 1. The molecule has 0 atom stereocenters. The van der Waals surface area contributed by atoms with E-state index in [9.17, 15) is 0 Å². The molecule has 1 saturated heterocycles. The fraction of sp³-hybridized carbons (Fsp3) is 0.231. The Morgan fingerprint density at radius 3 is 2.57 bits per heavy atom. The minimum absolute atomic E-state index is 1.22. The summed E-state index contributed by atoms with van der Waals surface area (Å²) in [6.45, 7) is 4.66. The van der Waals surface area contributed by atoms with E-state index >= 15 is 0 Å². The van der Waals surface area contributed by atoms with Crippen molar-refractivity contribution in [3.05, 3.63) is 42.0 Å². The first-order chi connectivity index (χ1) is 6.86. The SMILES string of the molecule is Cc1c(N2CC2)ccc2ccccc12. The monoisotopic (exact) mass is 183 g/mol. The van der Waals surface area contributed by atoms with Crippen molar-refractivity contribution in [1.29, 1.82) is 0 Å². The molecule has 0 N–H and O–H groups in total. The van der Waals surface area contributed by atoms with E-state index in [0.717, 1.165) is 0 Å². The summed E-state index contributed by atoms with van der Waals surface area (Å²) in [5, 5.41) is 2.73. The predicted octanol–water partition coefficient (Wildman–Crippen LogP) is 2.97. The number of benzene rings is 2. The van der Waals surface area contributed by atoms with Crippen molar-refractivity contribution in [2.45, 2.75) is 6.92 Å². The van der Waals surface area contributed by atoms with Crippen molar-refractivity contribution in [3.63, 3.8) is 0 Å². The minimum atomic E-state index is 1.22. The third-order valence-corrected chi connectivity index (χ3v) is 2.96. The smallest absolute Gasteiger partial charge is 0.0403 e. The Bertz CT molecular complexity index is 484. The quantitative estimate of drug-likeness (QED) is 0.614. The molecule has 2 aromatic carbocycles. The topological polar surface area (TPSA) is 3.01 Å². The van der Waals surface area contributed by atoms with Crippen LogP contribution in [-0.2, 0) is 0 Å². The molecule has 1 aliphatic rings. The molecule has 2 aromatic rings. The molecule has 0 bridgehead atoms. The van der Waals surface area contributed by atoms with E-state index in [0.29, 0.717) is 0 Å². The summed E-state index contributed by atoms with van der Waals surface area (Å²) < 4.78 is 0. The Balaban J connectivity index is 2.30. The molecular weight excluding hydrogens is 170 g/mol. The van der Waals surface area contributed by atoms with Crippen LogP contribution in [0.25, 0.3) is 10.8 Å². The highest BCUT2D eigenvalue weighted by Crippen LogP contribution is 2.30. The number of rotatable bonds is 1.